The zero-order chi connectivity index (χ0) is 12.3. The molecule has 0 saturated carbocycles. The van der Waals surface area contributed by atoms with E-state index in [9.17, 15) is 9.59 Å². The molecular weight excluding hydrogens is 218 g/mol. The summed E-state index contributed by atoms with van der Waals surface area (Å²) < 4.78 is 0. The van der Waals surface area contributed by atoms with Crippen LogP contribution in [0.4, 0.5) is 0 Å². The molecule has 17 heavy (non-hydrogen) atoms. The smallest absolute Gasteiger partial charge is 0.227 e. The predicted octanol–water partition coefficient (Wildman–Crippen LogP) is -0.323. The van der Waals surface area contributed by atoms with Crippen LogP contribution in [-0.4, -0.2) is 60.9 Å². The molecule has 2 heterocycles. The van der Waals surface area contributed by atoms with E-state index >= 15 is 0 Å². The molecule has 0 aromatic heterocycles. The van der Waals surface area contributed by atoms with E-state index in [1.165, 1.54) is 0 Å². The summed E-state index contributed by atoms with van der Waals surface area (Å²) in [5, 5.41) is 3.23. The van der Waals surface area contributed by atoms with E-state index in [0.29, 0.717) is 13.0 Å². The zero-order valence-electron chi connectivity index (χ0n) is 10.4. The number of piperazine rings is 1. The van der Waals surface area contributed by atoms with Crippen molar-refractivity contribution in [3.63, 3.8) is 0 Å². The molecule has 2 aliphatic rings. The highest BCUT2D eigenvalue weighted by Crippen LogP contribution is 2.13. The minimum Gasteiger partial charge on any atom is -0.342 e. The first kappa shape index (κ1) is 12.4. The number of hydrogen-bond donors (Lipinski definition) is 1. The average molecular weight is 239 g/mol. The quantitative estimate of drug-likeness (QED) is 0.734. The maximum absolute atomic E-state index is 12.2. The highest BCUT2D eigenvalue weighted by atomic mass is 16.2. The molecule has 2 amide bonds. The van der Waals surface area contributed by atoms with Crippen LogP contribution in [0.1, 0.15) is 19.8 Å². The lowest BCUT2D eigenvalue weighted by Gasteiger charge is -2.31. The number of nitrogens with one attached hydrogen (secondary N) is 1. The van der Waals surface area contributed by atoms with Crippen molar-refractivity contribution in [2.24, 2.45) is 5.92 Å². The summed E-state index contributed by atoms with van der Waals surface area (Å²) in [6.45, 7) is 6.66. The molecule has 0 aromatic carbocycles. The van der Waals surface area contributed by atoms with Crippen LogP contribution >= 0.6 is 0 Å². The van der Waals surface area contributed by atoms with Crippen molar-refractivity contribution in [3.8, 4) is 0 Å². The van der Waals surface area contributed by atoms with E-state index < -0.39 is 0 Å². The van der Waals surface area contributed by atoms with Crippen LogP contribution in [0.25, 0.3) is 0 Å². The third-order valence-electron chi connectivity index (χ3n) is 3.52. The van der Waals surface area contributed by atoms with Crippen molar-refractivity contribution in [1.82, 2.24) is 15.1 Å². The molecule has 1 unspecified atom stereocenters. The van der Waals surface area contributed by atoms with Crippen molar-refractivity contribution in [1.29, 1.82) is 0 Å². The highest BCUT2D eigenvalue weighted by Gasteiger charge is 2.27. The first-order valence-corrected chi connectivity index (χ1v) is 6.46. The zero-order valence-corrected chi connectivity index (χ0v) is 10.4. The maximum atomic E-state index is 12.2. The largest absolute Gasteiger partial charge is 0.342 e. The molecule has 2 aliphatic heterocycles. The van der Waals surface area contributed by atoms with E-state index in [1.54, 1.807) is 0 Å². The Morgan fingerprint density at radius 1 is 1.35 bits per heavy atom. The van der Waals surface area contributed by atoms with E-state index in [0.717, 1.165) is 39.1 Å². The van der Waals surface area contributed by atoms with Crippen LogP contribution in [0, 0.1) is 5.92 Å². The second-order valence-electron chi connectivity index (χ2n) is 4.92. The van der Waals surface area contributed by atoms with Crippen molar-refractivity contribution >= 4 is 11.8 Å². The summed E-state index contributed by atoms with van der Waals surface area (Å²) in [4.78, 5) is 27.4. The molecule has 96 valence electrons. The van der Waals surface area contributed by atoms with Gasteiger partial charge in [-0.3, -0.25) is 9.59 Å². The van der Waals surface area contributed by atoms with Crippen molar-refractivity contribution in [2.75, 3.05) is 39.3 Å². The van der Waals surface area contributed by atoms with Crippen LogP contribution in [-0.2, 0) is 9.59 Å². The number of carbonyl (C=O) groups is 2. The van der Waals surface area contributed by atoms with Gasteiger partial charge in [-0.1, -0.05) is 6.92 Å². The Morgan fingerprint density at radius 3 is 2.65 bits per heavy atom. The molecule has 0 bridgehead atoms. The van der Waals surface area contributed by atoms with E-state index in [4.69, 9.17) is 0 Å². The molecule has 2 fully saturated rings. The van der Waals surface area contributed by atoms with Gasteiger partial charge in [0.2, 0.25) is 11.8 Å². The van der Waals surface area contributed by atoms with E-state index in [-0.39, 0.29) is 17.7 Å². The summed E-state index contributed by atoms with van der Waals surface area (Å²) in [6, 6.07) is 0. The Bertz CT molecular complexity index is 300. The van der Waals surface area contributed by atoms with Crippen LogP contribution in [0.2, 0.25) is 0 Å². The number of nitrogens with zero attached hydrogens (tertiary/aromatic N) is 2. The summed E-state index contributed by atoms with van der Waals surface area (Å²) in [7, 11) is 0. The third-order valence-corrected chi connectivity index (χ3v) is 3.52. The number of amides is 2. The SMILES string of the molecule is CC(CN1CCCC1=O)C(=O)N1CCNCC1. The first-order valence-electron chi connectivity index (χ1n) is 6.46. The summed E-state index contributed by atoms with van der Waals surface area (Å²) in [5.74, 6) is 0.311. The normalized spacial score (nSPS) is 23.0. The maximum Gasteiger partial charge on any atom is 0.227 e. The topological polar surface area (TPSA) is 52.7 Å². The van der Waals surface area contributed by atoms with Crippen LogP contribution in [0.5, 0.6) is 0 Å². The van der Waals surface area contributed by atoms with Gasteiger partial charge in [-0.2, -0.15) is 0 Å². The minimum atomic E-state index is -0.0739. The minimum absolute atomic E-state index is 0.0739. The molecule has 5 nitrogen and oxygen atoms in total. The van der Waals surface area contributed by atoms with Gasteiger partial charge in [0.15, 0.2) is 0 Å². The molecule has 1 N–H and O–H groups in total. The van der Waals surface area contributed by atoms with Gasteiger partial charge in [0.05, 0.1) is 5.92 Å². The van der Waals surface area contributed by atoms with Gasteiger partial charge < -0.3 is 15.1 Å². The fraction of sp³-hybridized carbons (Fsp3) is 0.833. The second-order valence-corrected chi connectivity index (χ2v) is 4.92. The Balaban J connectivity index is 1.83. The monoisotopic (exact) mass is 239 g/mol. The number of carbonyl (C=O) groups excluding carboxylic acids is 2. The fourth-order valence-corrected chi connectivity index (χ4v) is 2.50. The number of hydrogen-bond acceptors (Lipinski definition) is 3. The lowest BCUT2D eigenvalue weighted by atomic mass is 10.1. The second kappa shape index (κ2) is 5.49. The Morgan fingerprint density at radius 2 is 2.06 bits per heavy atom. The Kier molecular flexibility index (Phi) is 3.99. The van der Waals surface area contributed by atoms with E-state index in [2.05, 4.69) is 5.32 Å². The van der Waals surface area contributed by atoms with Gasteiger partial charge in [-0.25, -0.2) is 0 Å². The average Bonchev–Trinajstić information content (AvgIpc) is 2.75. The molecule has 0 aliphatic carbocycles. The molecule has 2 saturated heterocycles. The van der Waals surface area contributed by atoms with Gasteiger partial charge in [0.25, 0.3) is 0 Å². The van der Waals surface area contributed by atoms with Gasteiger partial charge in [-0.15, -0.1) is 0 Å². The summed E-state index contributed by atoms with van der Waals surface area (Å²) >= 11 is 0. The number of rotatable bonds is 3. The third kappa shape index (κ3) is 2.97. The van der Waals surface area contributed by atoms with Crippen molar-refractivity contribution < 1.29 is 9.59 Å². The first-order chi connectivity index (χ1) is 8.18. The van der Waals surface area contributed by atoms with Crippen LogP contribution < -0.4 is 5.32 Å². The summed E-state index contributed by atoms with van der Waals surface area (Å²) in [6.07, 6.45) is 1.59. The van der Waals surface area contributed by atoms with Crippen molar-refractivity contribution in [3.05, 3.63) is 0 Å². The highest BCUT2D eigenvalue weighted by molar-refractivity contribution is 5.81. The standard InChI is InChI=1S/C12H21N3O2/c1-10(9-15-6-2-3-11(15)16)12(17)14-7-4-13-5-8-14/h10,13H,2-9H2,1H3. The molecule has 0 aromatic rings. The van der Waals surface area contributed by atoms with Gasteiger partial charge in [-0.05, 0) is 6.42 Å². The number of likely N-dealkylation sites (tertiary alicyclic amines) is 1. The molecule has 0 radical (unpaired) electrons. The van der Waals surface area contributed by atoms with Crippen LogP contribution in [0.3, 0.4) is 0 Å². The van der Waals surface area contributed by atoms with Crippen LogP contribution in [0.15, 0.2) is 0 Å². The van der Waals surface area contributed by atoms with Gasteiger partial charge in [0.1, 0.15) is 0 Å². The molecular formula is C12H21N3O2. The Labute approximate surface area is 102 Å². The predicted molar refractivity (Wildman–Crippen MR) is 64.4 cm³/mol. The van der Waals surface area contributed by atoms with Gasteiger partial charge in [0, 0.05) is 45.7 Å². The molecule has 0 spiro atoms. The molecule has 5 heteroatoms. The molecule has 1 atom stereocenters. The molecule has 2 rings (SSSR count). The van der Waals surface area contributed by atoms with Gasteiger partial charge >= 0.3 is 0 Å². The summed E-state index contributed by atoms with van der Waals surface area (Å²) in [5.41, 5.74) is 0. The lowest BCUT2D eigenvalue weighted by Crippen LogP contribution is -2.49. The fourth-order valence-electron chi connectivity index (χ4n) is 2.50. The van der Waals surface area contributed by atoms with E-state index in [1.807, 2.05) is 16.7 Å². The lowest BCUT2D eigenvalue weighted by molar-refractivity contribution is -0.137. The Hall–Kier alpha value is -1.10. The van der Waals surface area contributed by atoms with Crippen molar-refractivity contribution in [2.45, 2.75) is 19.8 Å².